The van der Waals surface area contributed by atoms with Crippen LogP contribution in [0.5, 0.6) is 5.75 Å². The summed E-state index contributed by atoms with van der Waals surface area (Å²) in [7, 11) is 0. The molecule has 0 saturated carbocycles. The number of hydrogen-bond donors (Lipinski definition) is 1. The first-order chi connectivity index (χ1) is 9.06. The zero-order valence-corrected chi connectivity index (χ0v) is 13.7. The zero-order valence-electron chi connectivity index (χ0n) is 10.5. The van der Waals surface area contributed by atoms with Crippen molar-refractivity contribution < 1.29 is 4.74 Å². The number of ether oxygens (including phenoxy) is 1. The standard InChI is InChI=1S/C14H15BrClNOS/c1-9(17)6-10-7-11(16)2-3-13(10)18-8-14-12(15)4-5-19-14/h2-5,7,9H,6,8,17H2,1H3. The monoisotopic (exact) mass is 359 g/mol. The van der Waals surface area contributed by atoms with E-state index in [0.717, 1.165) is 22.2 Å². The number of rotatable bonds is 5. The van der Waals surface area contributed by atoms with E-state index in [1.807, 2.05) is 36.6 Å². The largest absolute Gasteiger partial charge is 0.488 e. The smallest absolute Gasteiger partial charge is 0.124 e. The Morgan fingerprint density at radius 3 is 2.84 bits per heavy atom. The van der Waals surface area contributed by atoms with E-state index in [2.05, 4.69) is 15.9 Å². The highest BCUT2D eigenvalue weighted by Crippen LogP contribution is 2.28. The van der Waals surface area contributed by atoms with Crippen LogP contribution in [0.15, 0.2) is 34.1 Å². The molecule has 1 aromatic carbocycles. The average Bonchev–Trinajstić information content (AvgIpc) is 2.73. The molecule has 102 valence electrons. The van der Waals surface area contributed by atoms with Gasteiger partial charge in [0, 0.05) is 15.5 Å². The highest BCUT2D eigenvalue weighted by Gasteiger charge is 2.09. The first-order valence-corrected chi connectivity index (χ1v) is 8.00. The molecule has 2 rings (SSSR count). The maximum absolute atomic E-state index is 6.02. The van der Waals surface area contributed by atoms with Crippen LogP contribution >= 0.6 is 38.9 Å². The van der Waals surface area contributed by atoms with E-state index < -0.39 is 0 Å². The molecule has 2 N–H and O–H groups in total. The molecule has 0 fully saturated rings. The summed E-state index contributed by atoms with van der Waals surface area (Å²) in [6.07, 6.45) is 0.751. The van der Waals surface area contributed by atoms with Crippen molar-refractivity contribution >= 4 is 38.9 Å². The van der Waals surface area contributed by atoms with Crippen molar-refractivity contribution in [3.8, 4) is 5.75 Å². The molecule has 0 aliphatic heterocycles. The highest BCUT2D eigenvalue weighted by atomic mass is 79.9. The Bertz CT molecular complexity index is 556. The summed E-state index contributed by atoms with van der Waals surface area (Å²) in [6.45, 7) is 2.52. The lowest BCUT2D eigenvalue weighted by Crippen LogP contribution is -2.18. The van der Waals surface area contributed by atoms with Crippen molar-refractivity contribution in [2.24, 2.45) is 5.73 Å². The lowest BCUT2D eigenvalue weighted by molar-refractivity contribution is 0.305. The van der Waals surface area contributed by atoms with Crippen LogP contribution in [0.2, 0.25) is 5.02 Å². The van der Waals surface area contributed by atoms with E-state index in [-0.39, 0.29) is 6.04 Å². The molecule has 0 aliphatic carbocycles. The van der Waals surface area contributed by atoms with Gasteiger partial charge >= 0.3 is 0 Å². The molecule has 0 spiro atoms. The molecule has 5 heteroatoms. The van der Waals surface area contributed by atoms with Crippen molar-refractivity contribution in [1.29, 1.82) is 0 Å². The topological polar surface area (TPSA) is 35.2 Å². The summed E-state index contributed by atoms with van der Waals surface area (Å²) in [6, 6.07) is 7.76. The minimum atomic E-state index is 0.0780. The number of hydrogen-bond acceptors (Lipinski definition) is 3. The average molecular weight is 361 g/mol. The van der Waals surface area contributed by atoms with E-state index >= 15 is 0 Å². The maximum Gasteiger partial charge on any atom is 0.124 e. The Morgan fingerprint density at radius 1 is 1.42 bits per heavy atom. The van der Waals surface area contributed by atoms with Crippen molar-refractivity contribution in [3.05, 3.63) is 49.6 Å². The van der Waals surface area contributed by atoms with Gasteiger partial charge in [-0.1, -0.05) is 11.6 Å². The summed E-state index contributed by atoms with van der Waals surface area (Å²) in [4.78, 5) is 1.17. The lowest BCUT2D eigenvalue weighted by Gasteiger charge is -2.13. The van der Waals surface area contributed by atoms with Crippen molar-refractivity contribution in [3.63, 3.8) is 0 Å². The molecule has 1 aromatic heterocycles. The van der Waals surface area contributed by atoms with Crippen LogP contribution in [0, 0.1) is 0 Å². The number of nitrogens with two attached hydrogens (primary N) is 1. The van der Waals surface area contributed by atoms with Crippen LogP contribution in [0.1, 0.15) is 17.4 Å². The van der Waals surface area contributed by atoms with E-state index in [1.54, 1.807) is 11.3 Å². The van der Waals surface area contributed by atoms with E-state index in [0.29, 0.717) is 11.6 Å². The molecular formula is C14H15BrClNOS. The molecule has 0 bridgehead atoms. The van der Waals surface area contributed by atoms with Gasteiger partial charge in [0.25, 0.3) is 0 Å². The SMILES string of the molecule is CC(N)Cc1cc(Cl)ccc1OCc1sccc1Br. The van der Waals surface area contributed by atoms with Gasteiger partial charge < -0.3 is 10.5 Å². The summed E-state index contributed by atoms with van der Waals surface area (Å²) in [5, 5.41) is 2.74. The van der Waals surface area contributed by atoms with Gasteiger partial charge in [-0.2, -0.15) is 0 Å². The summed E-state index contributed by atoms with van der Waals surface area (Å²) in [5.41, 5.74) is 6.91. The Balaban J connectivity index is 2.13. The molecule has 1 unspecified atom stereocenters. The molecule has 0 aliphatic rings. The number of halogens is 2. The summed E-state index contributed by atoms with van der Waals surface area (Å²) >= 11 is 11.2. The predicted octanol–water partition coefficient (Wildman–Crippen LogP) is 4.63. The fraction of sp³-hybridized carbons (Fsp3) is 0.286. The van der Waals surface area contributed by atoms with Crippen molar-refractivity contribution in [2.75, 3.05) is 0 Å². The van der Waals surface area contributed by atoms with Gasteiger partial charge in [0.15, 0.2) is 0 Å². The van der Waals surface area contributed by atoms with E-state index in [4.69, 9.17) is 22.1 Å². The van der Waals surface area contributed by atoms with Gasteiger partial charge in [-0.3, -0.25) is 0 Å². The number of thiophene rings is 1. The molecule has 2 aromatic rings. The summed E-state index contributed by atoms with van der Waals surface area (Å²) < 4.78 is 6.97. The molecular weight excluding hydrogens is 346 g/mol. The third kappa shape index (κ3) is 4.21. The molecule has 0 amide bonds. The minimum Gasteiger partial charge on any atom is -0.488 e. The Morgan fingerprint density at radius 2 is 2.21 bits per heavy atom. The Hall–Kier alpha value is -0.550. The van der Waals surface area contributed by atoms with Crippen LogP contribution < -0.4 is 10.5 Å². The van der Waals surface area contributed by atoms with Crippen LogP contribution in [0.25, 0.3) is 0 Å². The molecule has 1 atom stereocenters. The first-order valence-electron chi connectivity index (χ1n) is 5.95. The van der Waals surface area contributed by atoms with E-state index in [9.17, 15) is 0 Å². The van der Waals surface area contributed by atoms with Crippen LogP contribution in [-0.2, 0) is 13.0 Å². The molecule has 0 radical (unpaired) electrons. The normalized spacial score (nSPS) is 12.4. The van der Waals surface area contributed by atoms with Crippen molar-refractivity contribution in [1.82, 2.24) is 0 Å². The van der Waals surface area contributed by atoms with Gasteiger partial charge in [-0.15, -0.1) is 11.3 Å². The van der Waals surface area contributed by atoms with E-state index in [1.165, 1.54) is 4.88 Å². The third-order valence-electron chi connectivity index (χ3n) is 2.61. The highest BCUT2D eigenvalue weighted by molar-refractivity contribution is 9.10. The molecule has 19 heavy (non-hydrogen) atoms. The Labute approximate surface area is 130 Å². The number of benzene rings is 1. The fourth-order valence-electron chi connectivity index (χ4n) is 1.77. The quantitative estimate of drug-likeness (QED) is 0.843. The zero-order chi connectivity index (χ0) is 13.8. The first kappa shape index (κ1) is 14.9. The molecule has 2 nitrogen and oxygen atoms in total. The molecule has 1 heterocycles. The molecule has 0 saturated heterocycles. The van der Waals surface area contributed by atoms with Gasteiger partial charge in [-0.05, 0) is 64.5 Å². The van der Waals surface area contributed by atoms with Crippen LogP contribution in [-0.4, -0.2) is 6.04 Å². The second-order valence-electron chi connectivity index (χ2n) is 4.41. The van der Waals surface area contributed by atoms with Crippen molar-refractivity contribution in [2.45, 2.75) is 26.0 Å². The van der Waals surface area contributed by atoms with Crippen LogP contribution in [0.4, 0.5) is 0 Å². The second kappa shape index (κ2) is 6.75. The van der Waals surface area contributed by atoms with Gasteiger partial charge in [0.05, 0.1) is 4.88 Å². The lowest BCUT2D eigenvalue weighted by atomic mass is 10.1. The van der Waals surface area contributed by atoms with Gasteiger partial charge in [0.1, 0.15) is 12.4 Å². The Kier molecular flexibility index (Phi) is 5.28. The predicted molar refractivity (Wildman–Crippen MR) is 85.2 cm³/mol. The van der Waals surface area contributed by atoms with Gasteiger partial charge in [-0.25, -0.2) is 0 Å². The maximum atomic E-state index is 6.02. The second-order valence-corrected chi connectivity index (χ2v) is 6.71. The minimum absolute atomic E-state index is 0.0780. The summed E-state index contributed by atoms with van der Waals surface area (Å²) in [5.74, 6) is 0.849. The fourth-order valence-corrected chi connectivity index (χ4v) is 3.34. The van der Waals surface area contributed by atoms with Gasteiger partial charge in [0.2, 0.25) is 0 Å². The van der Waals surface area contributed by atoms with Crippen LogP contribution in [0.3, 0.4) is 0 Å². The third-order valence-corrected chi connectivity index (χ3v) is 4.75.